The molecule has 1 aliphatic carbocycles. The van der Waals surface area contributed by atoms with Crippen LogP contribution < -0.4 is 5.73 Å². The minimum Gasteiger partial charge on any atom is -0.444 e. The average Bonchev–Trinajstić information content (AvgIpc) is 2.71. The molecule has 15 heavy (non-hydrogen) atoms. The predicted octanol–water partition coefficient (Wildman–Crippen LogP) is 1.34. The minimum absolute atomic E-state index is 0.0402. The molecule has 4 nitrogen and oxygen atoms in total. The summed E-state index contributed by atoms with van der Waals surface area (Å²) in [7, 11) is 0. The van der Waals surface area contributed by atoms with E-state index in [0.717, 1.165) is 25.9 Å². The van der Waals surface area contributed by atoms with E-state index in [4.69, 9.17) is 10.5 Å². The number of amides is 1. The third kappa shape index (κ3) is 2.25. The van der Waals surface area contributed by atoms with Crippen molar-refractivity contribution in [1.82, 2.24) is 4.90 Å². The number of piperidine rings is 1. The van der Waals surface area contributed by atoms with Crippen LogP contribution in [-0.2, 0) is 4.74 Å². The maximum Gasteiger partial charge on any atom is 0.410 e. The molecular weight excluding hydrogens is 192 g/mol. The summed E-state index contributed by atoms with van der Waals surface area (Å²) in [5.41, 5.74) is 5.70. The number of carbonyl (C=O) groups is 1. The molecule has 1 saturated heterocycles. The number of nitrogens with zero attached hydrogens (tertiary/aromatic N) is 1. The van der Waals surface area contributed by atoms with Crippen LogP contribution in [0, 0.1) is 5.92 Å². The molecule has 1 heterocycles. The van der Waals surface area contributed by atoms with Gasteiger partial charge in [-0.2, -0.15) is 0 Å². The van der Waals surface area contributed by atoms with E-state index in [2.05, 4.69) is 0 Å². The van der Waals surface area contributed by atoms with Crippen molar-refractivity contribution >= 4 is 6.09 Å². The first kappa shape index (κ1) is 10.7. The van der Waals surface area contributed by atoms with E-state index in [0.29, 0.717) is 5.92 Å². The lowest BCUT2D eigenvalue weighted by Crippen LogP contribution is -2.46. The van der Waals surface area contributed by atoms with Crippen LogP contribution in [0.25, 0.3) is 0 Å². The molecule has 4 heteroatoms. The highest BCUT2D eigenvalue weighted by Crippen LogP contribution is 2.47. The quantitative estimate of drug-likeness (QED) is 0.659. The summed E-state index contributed by atoms with van der Waals surface area (Å²) in [6, 6.07) is 0. The molecule has 0 aromatic carbocycles. The molecule has 2 aliphatic rings. The van der Waals surface area contributed by atoms with Gasteiger partial charge in [-0.3, -0.25) is 0 Å². The predicted molar refractivity (Wildman–Crippen MR) is 57.4 cm³/mol. The van der Waals surface area contributed by atoms with Crippen LogP contribution in [0.4, 0.5) is 4.79 Å². The van der Waals surface area contributed by atoms with Crippen LogP contribution >= 0.6 is 0 Å². The van der Waals surface area contributed by atoms with Gasteiger partial charge in [0.2, 0.25) is 0 Å². The SMILES string of the molecule is CC(C)(C)OC(=O)N1CC[C@@]2(N)C[C@@H]2C1. The number of hydrogen-bond acceptors (Lipinski definition) is 3. The van der Waals surface area contributed by atoms with Crippen molar-refractivity contribution in [2.24, 2.45) is 11.7 Å². The highest BCUT2D eigenvalue weighted by molar-refractivity contribution is 5.68. The van der Waals surface area contributed by atoms with Crippen molar-refractivity contribution in [2.45, 2.75) is 44.8 Å². The molecule has 1 amide bonds. The molecule has 2 fully saturated rings. The molecule has 1 saturated carbocycles. The lowest BCUT2D eigenvalue weighted by molar-refractivity contribution is 0.0201. The van der Waals surface area contributed by atoms with Crippen LogP contribution in [0.5, 0.6) is 0 Å². The Morgan fingerprint density at radius 1 is 1.53 bits per heavy atom. The van der Waals surface area contributed by atoms with Gasteiger partial charge in [-0.05, 0) is 39.5 Å². The molecule has 0 bridgehead atoms. The Bertz CT molecular complexity index is 285. The second-order valence-electron chi connectivity index (χ2n) is 5.81. The molecule has 0 aromatic heterocycles. The summed E-state index contributed by atoms with van der Waals surface area (Å²) in [6.45, 7) is 7.17. The topological polar surface area (TPSA) is 55.6 Å². The molecule has 86 valence electrons. The van der Waals surface area contributed by atoms with Gasteiger partial charge in [0, 0.05) is 18.6 Å². The van der Waals surface area contributed by atoms with E-state index in [-0.39, 0.29) is 11.6 Å². The maximum absolute atomic E-state index is 11.7. The van der Waals surface area contributed by atoms with Crippen LogP contribution in [0.1, 0.15) is 33.6 Å². The van der Waals surface area contributed by atoms with E-state index in [9.17, 15) is 4.79 Å². The molecule has 2 rings (SSSR count). The Morgan fingerprint density at radius 3 is 2.73 bits per heavy atom. The number of nitrogens with two attached hydrogens (primary N) is 1. The summed E-state index contributed by atoms with van der Waals surface area (Å²) in [5.74, 6) is 0.499. The third-order valence-electron chi connectivity index (χ3n) is 3.22. The maximum atomic E-state index is 11.7. The largest absolute Gasteiger partial charge is 0.444 e. The highest BCUT2D eigenvalue weighted by Gasteiger charge is 2.54. The van der Waals surface area contributed by atoms with Gasteiger partial charge in [0.1, 0.15) is 5.60 Å². The first-order chi connectivity index (χ1) is 6.80. The minimum atomic E-state index is -0.405. The van der Waals surface area contributed by atoms with Gasteiger partial charge in [0.05, 0.1) is 0 Å². The Hall–Kier alpha value is -0.770. The van der Waals surface area contributed by atoms with Gasteiger partial charge in [-0.15, -0.1) is 0 Å². The lowest BCUT2D eigenvalue weighted by Gasteiger charge is -2.31. The Kier molecular flexibility index (Phi) is 2.23. The van der Waals surface area contributed by atoms with Crippen molar-refractivity contribution < 1.29 is 9.53 Å². The number of likely N-dealkylation sites (tertiary alicyclic amines) is 1. The molecule has 0 aromatic rings. The van der Waals surface area contributed by atoms with Crippen LogP contribution in [0.3, 0.4) is 0 Å². The van der Waals surface area contributed by atoms with Crippen molar-refractivity contribution in [1.29, 1.82) is 0 Å². The second kappa shape index (κ2) is 3.11. The second-order valence-corrected chi connectivity index (χ2v) is 5.81. The average molecular weight is 212 g/mol. The molecule has 0 radical (unpaired) electrons. The monoisotopic (exact) mass is 212 g/mol. The number of hydrogen-bond donors (Lipinski definition) is 1. The molecule has 2 atom stereocenters. The van der Waals surface area contributed by atoms with E-state index >= 15 is 0 Å². The van der Waals surface area contributed by atoms with Gasteiger partial charge < -0.3 is 15.4 Å². The van der Waals surface area contributed by atoms with Crippen molar-refractivity contribution in [2.75, 3.05) is 13.1 Å². The molecule has 2 N–H and O–H groups in total. The van der Waals surface area contributed by atoms with E-state index in [1.165, 1.54) is 0 Å². The summed E-state index contributed by atoms with van der Waals surface area (Å²) in [4.78, 5) is 13.5. The Balaban J connectivity index is 1.88. The fourth-order valence-corrected chi connectivity index (χ4v) is 2.15. The van der Waals surface area contributed by atoms with Crippen molar-refractivity contribution in [3.8, 4) is 0 Å². The van der Waals surface area contributed by atoms with Crippen LogP contribution in [0.15, 0.2) is 0 Å². The van der Waals surface area contributed by atoms with Gasteiger partial charge in [-0.25, -0.2) is 4.79 Å². The van der Waals surface area contributed by atoms with E-state index in [1.54, 1.807) is 4.90 Å². The number of carbonyl (C=O) groups excluding carboxylic acids is 1. The van der Waals surface area contributed by atoms with Crippen molar-refractivity contribution in [3.63, 3.8) is 0 Å². The Morgan fingerprint density at radius 2 is 2.20 bits per heavy atom. The van der Waals surface area contributed by atoms with Gasteiger partial charge in [0.15, 0.2) is 0 Å². The zero-order valence-electron chi connectivity index (χ0n) is 9.75. The number of ether oxygens (including phenoxy) is 1. The first-order valence-electron chi connectivity index (χ1n) is 5.57. The fraction of sp³-hybridized carbons (Fsp3) is 0.909. The highest BCUT2D eigenvalue weighted by atomic mass is 16.6. The summed E-state index contributed by atoms with van der Waals surface area (Å²) in [6.07, 6.45) is 1.78. The van der Waals surface area contributed by atoms with Crippen molar-refractivity contribution in [3.05, 3.63) is 0 Å². The molecule has 1 aliphatic heterocycles. The zero-order valence-corrected chi connectivity index (χ0v) is 9.75. The summed E-state index contributed by atoms with van der Waals surface area (Å²) < 4.78 is 5.32. The third-order valence-corrected chi connectivity index (χ3v) is 3.22. The number of rotatable bonds is 0. The Labute approximate surface area is 90.8 Å². The molecular formula is C11H20N2O2. The van der Waals surface area contributed by atoms with E-state index < -0.39 is 5.60 Å². The van der Waals surface area contributed by atoms with Gasteiger partial charge >= 0.3 is 6.09 Å². The smallest absolute Gasteiger partial charge is 0.410 e. The normalized spacial score (nSPS) is 34.7. The van der Waals surface area contributed by atoms with Gasteiger partial charge in [0.25, 0.3) is 0 Å². The fourth-order valence-electron chi connectivity index (χ4n) is 2.15. The first-order valence-corrected chi connectivity index (χ1v) is 5.57. The lowest BCUT2D eigenvalue weighted by atomic mass is 10.1. The summed E-state index contributed by atoms with van der Waals surface area (Å²) in [5, 5.41) is 0. The van der Waals surface area contributed by atoms with Gasteiger partial charge in [-0.1, -0.05) is 0 Å². The van der Waals surface area contributed by atoms with E-state index in [1.807, 2.05) is 20.8 Å². The van der Waals surface area contributed by atoms with Crippen LogP contribution in [-0.4, -0.2) is 35.2 Å². The molecule has 0 spiro atoms. The zero-order chi connectivity index (χ0) is 11.3. The van der Waals surface area contributed by atoms with Crippen LogP contribution in [0.2, 0.25) is 0 Å². The number of fused-ring (bicyclic) bond motifs is 1. The standard InChI is InChI=1S/C11H20N2O2/c1-10(2,3)15-9(14)13-5-4-11(12)6-8(11)7-13/h8H,4-7,12H2,1-3H3/t8-,11-/m1/s1. The molecule has 0 unspecified atom stereocenters. The summed E-state index contributed by atoms with van der Waals surface area (Å²) >= 11 is 0.